The van der Waals surface area contributed by atoms with Crippen LogP contribution in [0.15, 0.2) is 65.0 Å². The second-order valence-corrected chi connectivity index (χ2v) is 7.66. The van der Waals surface area contributed by atoms with Gasteiger partial charge in [-0.15, -0.1) is 11.3 Å². The second kappa shape index (κ2) is 8.31. The molecule has 0 fully saturated rings. The molecule has 4 rings (SSSR count). The van der Waals surface area contributed by atoms with Gasteiger partial charge in [-0.1, -0.05) is 48.0 Å². The van der Waals surface area contributed by atoms with Crippen molar-refractivity contribution < 1.29 is 9.53 Å². The van der Waals surface area contributed by atoms with Crippen LogP contribution < -0.4 is 5.56 Å². The number of thiophene rings is 1. The van der Waals surface area contributed by atoms with Crippen molar-refractivity contribution in [3.63, 3.8) is 0 Å². The summed E-state index contributed by atoms with van der Waals surface area (Å²) in [5.41, 5.74) is 3.65. The maximum Gasteiger partial charge on any atom is 0.326 e. The van der Waals surface area contributed by atoms with Gasteiger partial charge in [0.05, 0.1) is 23.3 Å². The SMILES string of the molecule is Cc1ccc(-c2csc3ncn(CC(=O)OCc4ccccc4C#N)c(=O)c23)cc1. The minimum absolute atomic E-state index is 0.0277. The topological polar surface area (TPSA) is 85.0 Å². The van der Waals surface area contributed by atoms with Crippen LogP contribution in [0.4, 0.5) is 0 Å². The van der Waals surface area contributed by atoms with Gasteiger partial charge in [-0.3, -0.25) is 14.2 Å². The van der Waals surface area contributed by atoms with Crippen molar-refractivity contribution in [1.29, 1.82) is 5.26 Å². The van der Waals surface area contributed by atoms with Gasteiger partial charge in [0.1, 0.15) is 18.0 Å². The third-order valence-electron chi connectivity index (χ3n) is 4.75. The molecule has 2 aromatic heterocycles. The Hall–Kier alpha value is -3.76. The van der Waals surface area contributed by atoms with Crippen LogP contribution in [0.5, 0.6) is 0 Å². The summed E-state index contributed by atoms with van der Waals surface area (Å²) in [6, 6.07) is 16.9. The molecule has 0 unspecified atom stereocenters. The first-order chi connectivity index (χ1) is 14.6. The Kier molecular flexibility index (Phi) is 5.42. The quantitative estimate of drug-likeness (QED) is 0.459. The summed E-state index contributed by atoms with van der Waals surface area (Å²) in [5.74, 6) is -0.571. The lowest BCUT2D eigenvalue weighted by Gasteiger charge is -2.08. The summed E-state index contributed by atoms with van der Waals surface area (Å²) in [6.07, 6.45) is 1.37. The summed E-state index contributed by atoms with van der Waals surface area (Å²) < 4.78 is 6.53. The molecule has 0 aliphatic rings. The first-order valence-electron chi connectivity index (χ1n) is 9.24. The average molecular weight is 415 g/mol. The van der Waals surface area contributed by atoms with Crippen molar-refractivity contribution in [2.75, 3.05) is 0 Å². The molecule has 0 saturated carbocycles. The van der Waals surface area contributed by atoms with E-state index in [2.05, 4.69) is 11.1 Å². The van der Waals surface area contributed by atoms with Gasteiger partial charge in [-0.25, -0.2) is 4.98 Å². The standard InChI is InChI=1S/C23H17N3O3S/c1-15-6-8-16(9-7-15)19-13-30-22-21(19)23(28)26(14-25-22)11-20(27)29-12-18-5-3-2-4-17(18)10-24/h2-9,13-14H,11-12H2,1H3. The predicted molar refractivity (Wildman–Crippen MR) is 115 cm³/mol. The Morgan fingerprint density at radius 1 is 1.20 bits per heavy atom. The van der Waals surface area contributed by atoms with Crippen molar-refractivity contribution >= 4 is 27.5 Å². The second-order valence-electron chi connectivity index (χ2n) is 6.80. The van der Waals surface area contributed by atoms with E-state index < -0.39 is 5.97 Å². The Morgan fingerprint density at radius 3 is 2.73 bits per heavy atom. The van der Waals surface area contributed by atoms with E-state index in [-0.39, 0.29) is 18.7 Å². The van der Waals surface area contributed by atoms with Crippen molar-refractivity contribution in [2.24, 2.45) is 0 Å². The molecule has 0 saturated heterocycles. The highest BCUT2D eigenvalue weighted by molar-refractivity contribution is 7.17. The van der Waals surface area contributed by atoms with E-state index >= 15 is 0 Å². The molecule has 0 spiro atoms. The number of hydrogen-bond donors (Lipinski definition) is 0. The molecule has 0 amide bonds. The van der Waals surface area contributed by atoms with Gasteiger partial charge >= 0.3 is 5.97 Å². The van der Waals surface area contributed by atoms with Gasteiger partial charge in [0.15, 0.2) is 0 Å². The molecule has 0 aliphatic carbocycles. The zero-order chi connectivity index (χ0) is 21.1. The smallest absolute Gasteiger partial charge is 0.326 e. The molecule has 2 aromatic carbocycles. The Labute approximate surface area is 176 Å². The highest BCUT2D eigenvalue weighted by atomic mass is 32.1. The van der Waals surface area contributed by atoms with Crippen LogP contribution >= 0.6 is 11.3 Å². The van der Waals surface area contributed by atoms with E-state index in [0.717, 1.165) is 16.7 Å². The molecule has 148 valence electrons. The summed E-state index contributed by atoms with van der Waals surface area (Å²) in [5, 5.41) is 11.5. The number of fused-ring (bicyclic) bond motifs is 1. The van der Waals surface area contributed by atoms with Crippen molar-refractivity contribution in [3.8, 4) is 17.2 Å². The molecule has 4 aromatic rings. The zero-order valence-electron chi connectivity index (χ0n) is 16.2. The number of hydrogen-bond acceptors (Lipinski definition) is 6. The average Bonchev–Trinajstić information content (AvgIpc) is 3.20. The molecule has 0 bridgehead atoms. The van der Waals surface area contributed by atoms with Crippen LogP contribution in [0.1, 0.15) is 16.7 Å². The third-order valence-corrected chi connectivity index (χ3v) is 5.64. The minimum Gasteiger partial charge on any atom is -0.459 e. The van der Waals surface area contributed by atoms with Crippen molar-refractivity contribution in [1.82, 2.24) is 9.55 Å². The highest BCUT2D eigenvalue weighted by Gasteiger charge is 2.15. The van der Waals surface area contributed by atoms with E-state index in [1.54, 1.807) is 24.3 Å². The van der Waals surface area contributed by atoms with Crippen LogP contribution in [-0.4, -0.2) is 15.5 Å². The number of nitriles is 1. The Morgan fingerprint density at radius 2 is 1.97 bits per heavy atom. The fourth-order valence-corrected chi connectivity index (χ4v) is 4.03. The van der Waals surface area contributed by atoms with E-state index in [0.29, 0.717) is 21.3 Å². The lowest BCUT2D eigenvalue weighted by molar-refractivity contribution is -0.145. The van der Waals surface area contributed by atoms with Gasteiger partial charge in [0.25, 0.3) is 5.56 Å². The highest BCUT2D eigenvalue weighted by Crippen LogP contribution is 2.30. The predicted octanol–water partition coefficient (Wildman–Crippen LogP) is 4.05. The van der Waals surface area contributed by atoms with Crippen LogP contribution in [0, 0.1) is 18.3 Å². The van der Waals surface area contributed by atoms with Crippen molar-refractivity contribution in [3.05, 3.63) is 87.3 Å². The van der Waals surface area contributed by atoms with E-state index in [1.807, 2.05) is 36.6 Å². The summed E-state index contributed by atoms with van der Waals surface area (Å²) >= 11 is 1.40. The zero-order valence-corrected chi connectivity index (χ0v) is 17.0. The number of esters is 1. The first kappa shape index (κ1) is 19.6. The van der Waals surface area contributed by atoms with E-state index in [1.165, 1.54) is 22.2 Å². The van der Waals surface area contributed by atoms with Gasteiger partial charge in [-0.2, -0.15) is 5.26 Å². The number of aryl methyl sites for hydroxylation is 1. The lowest BCUT2D eigenvalue weighted by Crippen LogP contribution is -2.25. The molecule has 0 N–H and O–H groups in total. The summed E-state index contributed by atoms with van der Waals surface area (Å²) in [4.78, 5) is 30.3. The van der Waals surface area contributed by atoms with Crippen LogP contribution in [-0.2, 0) is 22.7 Å². The fourth-order valence-electron chi connectivity index (χ4n) is 3.12. The molecule has 6 nitrogen and oxygen atoms in total. The summed E-state index contributed by atoms with van der Waals surface area (Å²) in [7, 11) is 0. The maximum absolute atomic E-state index is 13.0. The molecule has 30 heavy (non-hydrogen) atoms. The molecule has 0 radical (unpaired) electrons. The first-order valence-corrected chi connectivity index (χ1v) is 10.1. The van der Waals surface area contributed by atoms with Gasteiger partial charge < -0.3 is 4.74 Å². The number of carbonyl (C=O) groups excluding carboxylic acids is 1. The van der Waals surface area contributed by atoms with Crippen LogP contribution in [0.2, 0.25) is 0 Å². The number of rotatable bonds is 5. The molecule has 0 aliphatic heterocycles. The number of ether oxygens (including phenoxy) is 1. The maximum atomic E-state index is 13.0. The minimum atomic E-state index is -0.571. The number of nitrogens with zero attached hydrogens (tertiary/aromatic N) is 3. The lowest BCUT2D eigenvalue weighted by atomic mass is 10.1. The normalized spacial score (nSPS) is 10.7. The third kappa shape index (κ3) is 3.86. The van der Waals surface area contributed by atoms with Gasteiger partial charge in [-0.05, 0) is 18.6 Å². The van der Waals surface area contributed by atoms with E-state index in [4.69, 9.17) is 10.00 Å². The molecule has 2 heterocycles. The number of carbonyl (C=O) groups is 1. The monoisotopic (exact) mass is 415 g/mol. The summed E-state index contributed by atoms with van der Waals surface area (Å²) in [6.45, 7) is 1.73. The Bertz CT molecular complexity index is 1330. The molecule has 0 atom stereocenters. The molecular weight excluding hydrogens is 398 g/mol. The number of aromatic nitrogens is 2. The van der Waals surface area contributed by atoms with Crippen LogP contribution in [0.25, 0.3) is 21.3 Å². The molecule has 7 heteroatoms. The Balaban J connectivity index is 1.57. The molecular formula is C23H17N3O3S. The number of benzene rings is 2. The van der Waals surface area contributed by atoms with Crippen LogP contribution in [0.3, 0.4) is 0 Å². The van der Waals surface area contributed by atoms with Crippen molar-refractivity contribution in [2.45, 2.75) is 20.1 Å². The largest absolute Gasteiger partial charge is 0.459 e. The van der Waals surface area contributed by atoms with Gasteiger partial charge in [0, 0.05) is 16.5 Å². The fraction of sp³-hybridized carbons (Fsp3) is 0.130. The van der Waals surface area contributed by atoms with Gasteiger partial charge in [0.2, 0.25) is 0 Å². The van der Waals surface area contributed by atoms with E-state index in [9.17, 15) is 9.59 Å².